The molecule has 0 saturated carbocycles. The third kappa shape index (κ3) is 3.65. The Kier molecular flexibility index (Phi) is 5.40. The first kappa shape index (κ1) is 18.9. The first-order valence-corrected chi connectivity index (χ1v) is 10.2. The van der Waals surface area contributed by atoms with E-state index in [1.54, 1.807) is 30.8 Å². The van der Waals surface area contributed by atoms with Gasteiger partial charge in [-0.1, -0.05) is 0 Å². The Morgan fingerprint density at radius 1 is 1.27 bits per heavy atom. The van der Waals surface area contributed by atoms with Crippen molar-refractivity contribution in [2.24, 2.45) is 5.92 Å². The fraction of sp³-hybridized carbons (Fsp3) is 0.588. The van der Waals surface area contributed by atoms with Gasteiger partial charge in [0.1, 0.15) is 0 Å². The molecule has 26 heavy (non-hydrogen) atoms. The van der Waals surface area contributed by atoms with Gasteiger partial charge >= 0.3 is 0 Å². The van der Waals surface area contributed by atoms with Gasteiger partial charge in [0.25, 0.3) is 10.2 Å². The van der Waals surface area contributed by atoms with Gasteiger partial charge in [0.15, 0.2) is 0 Å². The zero-order valence-electron chi connectivity index (χ0n) is 15.7. The molecular weight excluding hydrogens is 352 g/mol. The largest absolute Gasteiger partial charge is 0.282 e. The maximum absolute atomic E-state index is 12.4. The Balaban J connectivity index is 1.84. The van der Waals surface area contributed by atoms with Crippen LogP contribution in [0.1, 0.15) is 29.9 Å². The molecule has 3 rings (SSSR count). The summed E-state index contributed by atoms with van der Waals surface area (Å²) in [5.74, 6) is 0.224. The number of piperidine rings is 1. The second kappa shape index (κ2) is 7.42. The lowest BCUT2D eigenvalue weighted by Gasteiger charge is -2.33. The summed E-state index contributed by atoms with van der Waals surface area (Å²) in [7, 11) is -0.229. The Morgan fingerprint density at radius 3 is 2.65 bits per heavy atom. The van der Waals surface area contributed by atoms with Gasteiger partial charge < -0.3 is 0 Å². The summed E-state index contributed by atoms with van der Waals surface area (Å²) >= 11 is 0. The van der Waals surface area contributed by atoms with Gasteiger partial charge in [-0.2, -0.15) is 22.1 Å². The smallest absolute Gasteiger partial charge is 0.281 e. The fourth-order valence-electron chi connectivity index (χ4n) is 3.53. The van der Waals surface area contributed by atoms with E-state index in [1.165, 1.54) is 4.31 Å². The standard InChI is InChI=1S/C17H26N6O2S/c1-12-16(13(2)21-20-12)17-15(18-7-8-19-17)10-14-6-5-9-23(11-14)26(24,25)22(3)4/h7-8,14H,5-6,9-11H2,1-4H3,(H,20,21)/t14-/m1/s1. The summed E-state index contributed by atoms with van der Waals surface area (Å²) in [5, 5.41) is 7.25. The van der Waals surface area contributed by atoms with Crippen molar-refractivity contribution in [1.29, 1.82) is 0 Å². The van der Waals surface area contributed by atoms with Crippen molar-refractivity contribution in [3.05, 3.63) is 29.5 Å². The van der Waals surface area contributed by atoms with E-state index in [2.05, 4.69) is 20.2 Å². The molecule has 0 unspecified atom stereocenters. The number of aromatic amines is 1. The molecule has 8 nitrogen and oxygen atoms in total. The van der Waals surface area contributed by atoms with Crippen molar-refractivity contribution in [1.82, 2.24) is 28.8 Å². The molecule has 0 aliphatic carbocycles. The highest BCUT2D eigenvalue weighted by molar-refractivity contribution is 7.86. The molecule has 0 spiro atoms. The van der Waals surface area contributed by atoms with Gasteiger partial charge in [-0.25, -0.2) is 0 Å². The van der Waals surface area contributed by atoms with E-state index in [-0.39, 0.29) is 5.92 Å². The number of H-pyrrole nitrogens is 1. The van der Waals surface area contributed by atoms with E-state index >= 15 is 0 Å². The molecule has 0 amide bonds. The average molecular weight is 379 g/mol. The molecule has 1 aliphatic rings. The van der Waals surface area contributed by atoms with Crippen LogP contribution in [0.3, 0.4) is 0 Å². The van der Waals surface area contributed by atoms with E-state index < -0.39 is 10.2 Å². The zero-order valence-corrected chi connectivity index (χ0v) is 16.5. The van der Waals surface area contributed by atoms with Crippen LogP contribution in [-0.2, 0) is 16.6 Å². The Morgan fingerprint density at radius 2 is 2.00 bits per heavy atom. The van der Waals surface area contributed by atoms with Crippen LogP contribution in [0.5, 0.6) is 0 Å². The third-order valence-electron chi connectivity index (χ3n) is 4.89. The quantitative estimate of drug-likeness (QED) is 0.852. The SMILES string of the molecule is Cc1n[nH]c(C)c1-c1nccnc1C[C@H]1CCCN(S(=O)(=O)N(C)C)C1. The van der Waals surface area contributed by atoms with Crippen molar-refractivity contribution in [3.8, 4) is 11.3 Å². The first-order chi connectivity index (χ1) is 12.3. The monoisotopic (exact) mass is 378 g/mol. The Bertz CT molecular complexity index is 858. The topological polar surface area (TPSA) is 95.1 Å². The Hall–Kier alpha value is -1.84. The number of rotatable bonds is 5. The number of aryl methyl sites for hydroxylation is 2. The number of hydrogen-bond acceptors (Lipinski definition) is 5. The minimum absolute atomic E-state index is 0.224. The number of aromatic nitrogens is 4. The summed E-state index contributed by atoms with van der Waals surface area (Å²) in [5.41, 5.74) is 4.58. The highest BCUT2D eigenvalue weighted by atomic mass is 32.2. The predicted octanol–water partition coefficient (Wildman–Crippen LogP) is 1.54. The summed E-state index contributed by atoms with van der Waals surface area (Å²) < 4.78 is 27.7. The van der Waals surface area contributed by atoms with Crippen LogP contribution >= 0.6 is 0 Å². The Labute approximate surface area is 154 Å². The van der Waals surface area contributed by atoms with E-state index in [0.29, 0.717) is 19.5 Å². The maximum atomic E-state index is 12.4. The lowest BCUT2D eigenvalue weighted by molar-refractivity contribution is 0.253. The summed E-state index contributed by atoms with van der Waals surface area (Å²) in [6.07, 6.45) is 5.93. The van der Waals surface area contributed by atoms with Crippen molar-refractivity contribution in [2.75, 3.05) is 27.2 Å². The molecular formula is C17H26N6O2S. The van der Waals surface area contributed by atoms with Crippen molar-refractivity contribution < 1.29 is 8.42 Å². The van der Waals surface area contributed by atoms with Crippen LogP contribution in [0.15, 0.2) is 12.4 Å². The normalized spacial score (nSPS) is 19.2. The van der Waals surface area contributed by atoms with Gasteiger partial charge in [0, 0.05) is 50.8 Å². The molecule has 1 fully saturated rings. The zero-order chi connectivity index (χ0) is 18.9. The maximum Gasteiger partial charge on any atom is 0.281 e. The lowest BCUT2D eigenvalue weighted by atomic mass is 9.92. The van der Waals surface area contributed by atoms with Gasteiger partial charge in [0.2, 0.25) is 0 Å². The molecule has 1 saturated heterocycles. The molecule has 0 radical (unpaired) electrons. The summed E-state index contributed by atoms with van der Waals surface area (Å²) in [6.45, 7) is 5.01. The average Bonchev–Trinajstić information content (AvgIpc) is 2.94. The highest BCUT2D eigenvalue weighted by Crippen LogP contribution is 2.29. The molecule has 1 N–H and O–H groups in total. The van der Waals surface area contributed by atoms with Gasteiger partial charge in [-0.15, -0.1) is 0 Å². The minimum atomic E-state index is -3.38. The molecule has 142 valence electrons. The number of nitrogens with one attached hydrogen (secondary N) is 1. The van der Waals surface area contributed by atoms with E-state index in [1.807, 2.05) is 13.8 Å². The molecule has 2 aromatic rings. The second-order valence-electron chi connectivity index (χ2n) is 7.02. The van der Waals surface area contributed by atoms with Crippen LogP contribution in [0.4, 0.5) is 0 Å². The van der Waals surface area contributed by atoms with Crippen LogP contribution in [-0.4, -0.2) is 64.4 Å². The van der Waals surface area contributed by atoms with Gasteiger partial charge in [-0.05, 0) is 39.0 Å². The number of hydrogen-bond donors (Lipinski definition) is 1. The molecule has 1 atom stereocenters. The van der Waals surface area contributed by atoms with E-state index in [4.69, 9.17) is 0 Å². The predicted molar refractivity (Wildman–Crippen MR) is 99.7 cm³/mol. The first-order valence-electron chi connectivity index (χ1n) is 8.80. The third-order valence-corrected chi connectivity index (χ3v) is 6.80. The van der Waals surface area contributed by atoms with Crippen LogP contribution in [0.2, 0.25) is 0 Å². The minimum Gasteiger partial charge on any atom is -0.282 e. The fourth-order valence-corrected chi connectivity index (χ4v) is 4.75. The van der Waals surface area contributed by atoms with Gasteiger partial charge in [-0.3, -0.25) is 15.1 Å². The van der Waals surface area contributed by atoms with E-state index in [0.717, 1.165) is 41.2 Å². The van der Waals surface area contributed by atoms with Gasteiger partial charge in [0.05, 0.1) is 17.1 Å². The summed E-state index contributed by atoms with van der Waals surface area (Å²) in [4.78, 5) is 9.09. The van der Waals surface area contributed by atoms with Crippen molar-refractivity contribution in [3.63, 3.8) is 0 Å². The molecule has 9 heteroatoms. The molecule has 0 aromatic carbocycles. The second-order valence-corrected chi connectivity index (χ2v) is 9.16. The van der Waals surface area contributed by atoms with Crippen molar-refractivity contribution >= 4 is 10.2 Å². The molecule has 3 heterocycles. The van der Waals surface area contributed by atoms with Crippen LogP contribution in [0, 0.1) is 19.8 Å². The van der Waals surface area contributed by atoms with Crippen molar-refractivity contribution in [2.45, 2.75) is 33.1 Å². The molecule has 1 aliphatic heterocycles. The van der Waals surface area contributed by atoms with E-state index in [9.17, 15) is 8.42 Å². The number of nitrogens with zero attached hydrogens (tertiary/aromatic N) is 5. The molecule has 0 bridgehead atoms. The molecule has 2 aromatic heterocycles. The van der Waals surface area contributed by atoms with Crippen LogP contribution < -0.4 is 0 Å². The summed E-state index contributed by atoms with van der Waals surface area (Å²) in [6, 6.07) is 0. The lowest BCUT2D eigenvalue weighted by Crippen LogP contribution is -2.45. The van der Waals surface area contributed by atoms with Crippen LogP contribution in [0.25, 0.3) is 11.3 Å². The highest BCUT2D eigenvalue weighted by Gasteiger charge is 2.31.